The number of H-pyrrole nitrogens is 1. The van der Waals surface area contributed by atoms with Gasteiger partial charge in [0.1, 0.15) is 10.7 Å². The summed E-state index contributed by atoms with van der Waals surface area (Å²) in [6, 6.07) is 2.94. The van der Waals surface area contributed by atoms with Crippen molar-refractivity contribution < 1.29 is 22.7 Å². The first-order valence-corrected chi connectivity index (χ1v) is 7.28. The van der Waals surface area contributed by atoms with Gasteiger partial charge in [0.25, 0.3) is 10.0 Å². The number of aromatic amines is 1. The average molecular weight is 313 g/mol. The zero-order chi connectivity index (χ0) is 15.8. The molecule has 9 heteroatoms. The third-order valence-electron chi connectivity index (χ3n) is 2.78. The fraction of sp³-hybridized carbons (Fsp3) is 0.167. The number of sulfonamides is 1. The van der Waals surface area contributed by atoms with Gasteiger partial charge in [-0.1, -0.05) is 0 Å². The summed E-state index contributed by atoms with van der Waals surface area (Å²) in [5.74, 6) is -2.43. The zero-order valence-corrected chi connectivity index (χ0v) is 12.0. The number of anilines is 1. The van der Waals surface area contributed by atoms with E-state index < -0.39 is 27.4 Å². The summed E-state index contributed by atoms with van der Waals surface area (Å²) in [4.78, 5) is 10.8. The van der Waals surface area contributed by atoms with E-state index >= 15 is 0 Å². The molecule has 0 spiro atoms. The van der Waals surface area contributed by atoms with Gasteiger partial charge < -0.3 is 5.11 Å². The van der Waals surface area contributed by atoms with E-state index in [1.807, 2.05) is 0 Å². The number of halogens is 1. The van der Waals surface area contributed by atoms with Crippen LogP contribution in [0.15, 0.2) is 23.1 Å². The molecule has 0 aliphatic heterocycles. The molecule has 0 radical (unpaired) electrons. The van der Waals surface area contributed by atoms with Crippen molar-refractivity contribution in [2.45, 2.75) is 18.7 Å². The molecule has 0 atom stereocenters. The number of carboxylic acids is 1. The van der Waals surface area contributed by atoms with E-state index in [1.54, 1.807) is 6.92 Å². The molecule has 0 aliphatic rings. The van der Waals surface area contributed by atoms with Crippen molar-refractivity contribution in [1.82, 2.24) is 10.2 Å². The molecule has 0 fully saturated rings. The SMILES string of the molecule is Cc1n[nH]c(C)c1S(=O)(=O)Nc1ccc(F)c(C(=O)O)c1. The van der Waals surface area contributed by atoms with Gasteiger partial charge in [-0.15, -0.1) is 0 Å². The predicted octanol–water partition coefficient (Wildman–Crippen LogP) is 1.66. The largest absolute Gasteiger partial charge is 0.478 e. The fourth-order valence-corrected chi connectivity index (χ4v) is 3.32. The van der Waals surface area contributed by atoms with Crippen molar-refractivity contribution in [3.05, 3.63) is 41.0 Å². The molecular weight excluding hydrogens is 301 g/mol. The molecule has 0 unspecified atom stereocenters. The van der Waals surface area contributed by atoms with Gasteiger partial charge in [-0.3, -0.25) is 9.82 Å². The quantitative estimate of drug-likeness (QED) is 0.794. The van der Waals surface area contributed by atoms with Crippen molar-refractivity contribution in [1.29, 1.82) is 0 Å². The molecular formula is C12H12FN3O4S. The van der Waals surface area contributed by atoms with Crippen LogP contribution in [0.5, 0.6) is 0 Å². The lowest BCUT2D eigenvalue weighted by atomic mass is 10.2. The Kier molecular flexibility index (Phi) is 3.69. The lowest BCUT2D eigenvalue weighted by Crippen LogP contribution is -2.15. The predicted molar refractivity (Wildman–Crippen MR) is 72.2 cm³/mol. The van der Waals surface area contributed by atoms with E-state index in [9.17, 15) is 17.6 Å². The fourth-order valence-electron chi connectivity index (χ4n) is 1.90. The highest BCUT2D eigenvalue weighted by Gasteiger charge is 2.23. The lowest BCUT2D eigenvalue weighted by Gasteiger charge is -2.09. The molecule has 21 heavy (non-hydrogen) atoms. The van der Waals surface area contributed by atoms with Crippen LogP contribution < -0.4 is 4.72 Å². The third-order valence-corrected chi connectivity index (χ3v) is 4.42. The van der Waals surface area contributed by atoms with Crippen LogP contribution in [-0.2, 0) is 10.0 Å². The summed E-state index contributed by atoms with van der Waals surface area (Å²) < 4.78 is 40.0. The first-order valence-electron chi connectivity index (χ1n) is 5.79. The molecule has 0 amide bonds. The Morgan fingerprint density at radius 3 is 2.57 bits per heavy atom. The molecule has 2 rings (SSSR count). The number of aryl methyl sites for hydroxylation is 2. The molecule has 0 aliphatic carbocycles. The van der Waals surface area contributed by atoms with Crippen LogP contribution in [0.2, 0.25) is 0 Å². The van der Waals surface area contributed by atoms with Crippen LogP contribution in [0, 0.1) is 19.7 Å². The standard InChI is InChI=1S/C12H12FN3O4S/c1-6-11(7(2)15-14-6)21(19,20)16-8-3-4-10(13)9(5-8)12(17)18/h3-5,16H,1-2H3,(H,14,15)(H,17,18). The molecule has 1 aromatic heterocycles. The molecule has 2 aromatic rings. The van der Waals surface area contributed by atoms with Gasteiger partial charge in [0.05, 0.1) is 17.0 Å². The first-order chi connectivity index (χ1) is 9.72. The Morgan fingerprint density at radius 1 is 1.38 bits per heavy atom. The number of nitrogens with zero attached hydrogens (tertiary/aromatic N) is 1. The van der Waals surface area contributed by atoms with Crippen LogP contribution >= 0.6 is 0 Å². The summed E-state index contributed by atoms with van der Waals surface area (Å²) >= 11 is 0. The topological polar surface area (TPSA) is 112 Å². The van der Waals surface area contributed by atoms with E-state index in [0.717, 1.165) is 18.2 Å². The minimum atomic E-state index is -3.95. The van der Waals surface area contributed by atoms with Crippen LogP contribution in [0.1, 0.15) is 21.7 Å². The van der Waals surface area contributed by atoms with Crippen molar-refractivity contribution in [3.8, 4) is 0 Å². The van der Waals surface area contributed by atoms with Gasteiger partial charge in [-0.2, -0.15) is 5.10 Å². The second-order valence-electron chi connectivity index (χ2n) is 4.37. The van der Waals surface area contributed by atoms with Crippen LogP contribution in [0.25, 0.3) is 0 Å². The monoisotopic (exact) mass is 313 g/mol. The van der Waals surface area contributed by atoms with E-state index in [1.165, 1.54) is 6.92 Å². The minimum Gasteiger partial charge on any atom is -0.478 e. The van der Waals surface area contributed by atoms with Crippen LogP contribution in [-0.4, -0.2) is 29.7 Å². The molecule has 0 saturated carbocycles. The van der Waals surface area contributed by atoms with E-state index in [-0.39, 0.29) is 16.3 Å². The molecule has 0 saturated heterocycles. The maximum absolute atomic E-state index is 13.3. The number of hydrogen-bond acceptors (Lipinski definition) is 4. The summed E-state index contributed by atoms with van der Waals surface area (Å²) in [6.07, 6.45) is 0. The highest BCUT2D eigenvalue weighted by molar-refractivity contribution is 7.92. The summed E-state index contributed by atoms with van der Waals surface area (Å²) in [5.41, 5.74) is -0.0363. The van der Waals surface area contributed by atoms with Gasteiger partial charge >= 0.3 is 5.97 Å². The second kappa shape index (κ2) is 5.17. The van der Waals surface area contributed by atoms with Gasteiger partial charge in [0.15, 0.2) is 0 Å². The molecule has 7 nitrogen and oxygen atoms in total. The van der Waals surface area contributed by atoms with Crippen molar-refractivity contribution >= 4 is 21.7 Å². The minimum absolute atomic E-state index is 0.0244. The third kappa shape index (κ3) is 2.87. The molecule has 112 valence electrons. The highest BCUT2D eigenvalue weighted by Crippen LogP contribution is 2.22. The summed E-state index contributed by atoms with van der Waals surface area (Å²) in [6.45, 7) is 3.06. The van der Waals surface area contributed by atoms with E-state index in [4.69, 9.17) is 5.11 Å². The zero-order valence-electron chi connectivity index (χ0n) is 11.1. The Hall–Kier alpha value is -2.42. The number of aromatic nitrogens is 2. The van der Waals surface area contributed by atoms with Gasteiger partial charge in [0, 0.05) is 5.69 Å². The number of benzene rings is 1. The van der Waals surface area contributed by atoms with Gasteiger partial charge in [0.2, 0.25) is 0 Å². The van der Waals surface area contributed by atoms with Crippen LogP contribution in [0.4, 0.5) is 10.1 Å². The number of aromatic carboxylic acids is 1. The number of carbonyl (C=O) groups is 1. The van der Waals surface area contributed by atoms with Crippen molar-refractivity contribution in [2.24, 2.45) is 0 Å². The lowest BCUT2D eigenvalue weighted by molar-refractivity contribution is 0.0692. The van der Waals surface area contributed by atoms with Crippen LogP contribution in [0.3, 0.4) is 0 Å². The number of nitrogens with one attached hydrogen (secondary N) is 2. The number of carboxylic acid groups (broad SMARTS) is 1. The van der Waals surface area contributed by atoms with E-state index in [2.05, 4.69) is 14.9 Å². The van der Waals surface area contributed by atoms with Gasteiger partial charge in [-0.25, -0.2) is 17.6 Å². The number of rotatable bonds is 4. The maximum Gasteiger partial charge on any atom is 0.338 e. The number of hydrogen-bond donors (Lipinski definition) is 3. The normalized spacial score (nSPS) is 11.4. The summed E-state index contributed by atoms with van der Waals surface area (Å²) in [7, 11) is -3.95. The molecule has 3 N–H and O–H groups in total. The highest BCUT2D eigenvalue weighted by atomic mass is 32.2. The average Bonchev–Trinajstić information content (AvgIpc) is 2.71. The molecule has 1 aromatic carbocycles. The first kappa shape index (κ1) is 15.0. The summed E-state index contributed by atoms with van der Waals surface area (Å²) in [5, 5.41) is 15.2. The maximum atomic E-state index is 13.3. The Morgan fingerprint density at radius 2 is 2.05 bits per heavy atom. The van der Waals surface area contributed by atoms with Crippen molar-refractivity contribution in [2.75, 3.05) is 4.72 Å². The smallest absolute Gasteiger partial charge is 0.338 e. The van der Waals surface area contributed by atoms with E-state index in [0.29, 0.717) is 5.69 Å². The molecule has 0 bridgehead atoms. The Labute approximate surface area is 119 Å². The molecule has 1 heterocycles. The van der Waals surface area contributed by atoms with Gasteiger partial charge in [-0.05, 0) is 32.0 Å². The Bertz CT molecular complexity index is 794. The Balaban J connectivity index is 2.42. The van der Waals surface area contributed by atoms with Crippen molar-refractivity contribution in [3.63, 3.8) is 0 Å². The second-order valence-corrected chi connectivity index (χ2v) is 5.99.